The number of carbonyl (C=O) groups is 1. The molecule has 176 valence electrons. The van der Waals surface area contributed by atoms with Crippen LogP contribution in [-0.2, 0) is 11.3 Å². The molecule has 0 N–H and O–H groups in total. The Kier molecular flexibility index (Phi) is 6.07. The number of carbonyl (C=O) groups excluding carboxylic acids is 1. The highest BCUT2D eigenvalue weighted by molar-refractivity contribution is 8.26. The summed E-state index contributed by atoms with van der Waals surface area (Å²) in [6.45, 7) is 8.28. The summed E-state index contributed by atoms with van der Waals surface area (Å²) in [5, 5.41) is 0. The number of fused-ring (bicyclic) bond motifs is 1. The van der Waals surface area contributed by atoms with Gasteiger partial charge in [0.15, 0.2) is 0 Å². The van der Waals surface area contributed by atoms with Gasteiger partial charge in [0, 0.05) is 19.3 Å². The molecule has 5 heterocycles. The summed E-state index contributed by atoms with van der Waals surface area (Å²) in [6.07, 6.45) is 6.17. The maximum absolute atomic E-state index is 13.7. The minimum atomic E-state index is -0.230. The van der Waals surface area contributed by atoms with Gasteiger partial charge in [0.2, 0.25) is 0 Å². The Bertz CT molecular complexity index is 1350. The fourth-order valence-corrected chi connectivity index (χ4v) is 6.01. The van der Waals surface area contributed by atoms with Crippen LogP contribution >= 0.6 is 24.0 Å². The summed E-state index contributed by atoms with van der Waals surface area (Å²) >= 11 is 6.68. The van der Waals surface area contributed by atoms with Crippen molar-refractivity contribution in [2.45, 2.75) is 33.7 Å². The summed E-state index contributed by atoms with van der Waals surface area (Å²) in [4.78, 5) is 35.9. The molecule has 34 heavy (non-hydrogen) atoms. The van der Waals surface area contributed by atoms with Gasteiger partial charge in [-0.15, -0.1) is 0 Å². The second-order valence-corrected chi connectivity index (χ2v) is 11.0. The third-order valence-electron chi connectivity index (χ3n) is 6.20. The lowest BCUT2D eigenvalue weighted by Crippen LogP contribution is -2.40. The number of hydrogen-bond acceptors (Lipinski definition) is 7. The van der Waals surface area contributed by atoms with E-state index < -0.39 is 0 Å². The first-order valence-corrected chi connectivity index (χ1v) is 12.6. The first kappa shape index (κ1) is 22.9. The first-order chi connectivity index (χ1) is 16.3. The Balaban J connectivity index is 1.61. The van der Waals surface area contributed by atoms with Crippen molar-refractivity contribution < 1.29 is 9.21 Å². The normalized spacial score (nSPS) is 22.4. The lowest BCUT2D eigenvalue weighted by atomic mass is 9.91. The molecule has 0 saturated carbocycles. The van der Waals surface area contributed by atoms with Crippen molar-refractivity contribution in [2.24, 2.45) is 11.8 Å². The number of thiocarbonyl (C=S) groups is 1. The number of rotatable bonds is 4. The molecule has 3 aromatic heterocycles. The van der Waals surface area contributed by atoms with Gasteiger partial charge in [0.25, 0.3) is 11.5 Å². The van der Waals surface area contributed by atoms with E-state index in [9.17, 15) is 9.59 Å². The Morgan fingerprint density at radius 2 is 1.97 bits per heavy atom. The van der Waals surface area contributed by atoms with E-state index in [0.29, 0.717) is 43.9 Å². The second-order valence-electron chi connectivity index (χ2n) is 9.29. The molecule has 2 aliphatic rings. The SMILES string of the molecule is Cc1ccc2nc(N3CC(C)CC(C)C3)c(/C=C3/SC(=S)N(Cc4ccco4)C3=O)c(=O)n2c1. The van der Waals surface area contributed by atoms with Gasteiger partial charge in [-0.2, -0.15) is 0 Å². The maximum Gasteiger partial charge on any atom is 0.267 e. The van der Waals surface area contributed by atoms with Crippen LogP contribution in [0.15, 0.2) is 50.8 Å². The maximum atomic E-state index is 13.7. The molecule has 3 aromatic rings. The van der Waals surface area contributed by atoms with Crippen molar-refractivity contribution in [3.8, 4) is 0 Å². The minimum Gasteiger partial charge on any atom is -0.467 e. The topological polar surface area (TPSA) is 71.1 Å². The molecule has 2 fully saturated rings. The Labute approximate surface area is 207 Å². The summed E-state index contributed by atoms with van der Waals surface area (Å²) < 4.78 is 7.39. The Hall–Kier alpha value is -2.91. The third-order valence-corrected chi connectivity index (χ3v) is 7.57. The van der Waals surface area contributed by atoms with Gasteiger partial charge < -0.3 is 9.32 Å². The predicted octanol–water partition coefficient (Wildman–Crippen LogP) is 4.48. The molecule has 5 rings (SSSR count). The van der Waals surface area contributed by atoms with Crippen molar-refractivity contribution in [1.82, 2.24) is 14.3 Å². The van der Waals surface area contributed by atoms with E-state index in [2.05, 4.69) is 18.7 Å². The van der Waals surface area contributed by atoms with Crippen LogP contribution < -0.4 is 10.5 Å². The molecule has 0 bridgehead atoms. The van der Waals surface area contributed by atoms with Gasteiger partial charge >= 0.3 is 0 Å². The van der Waals surface area contributed by atoms with E-state index in [1.54, 1.807) is 35.1 Å². The Morgan fingerprint density at radius 3 is 2.68 bits per heavy atom. The van der Waals surface area contributed by atoms with E-state index in [1.165, 1.54) is 16.7 Å². The summed E-state index contributed by atoms with van der Waals surface area (Å²) in [5.41, 5.74) is 1.79. The Morgan fingerprint density at radius 1 is 1.21 bits per heavy atom. The molecular formula is C25H26N4O3S2. The van der Waals surface area contributed by atoms with E-state index >= 15 is 0 Å². The average Bonchev–Trinajstić information content (AvgIpc) is 3.39. The number of aryl methyl sites for hydroxylation is 1. The number of furan rings is 1. The minimum absolute atomic E-state index is 0.189. The molecule has 0 spiro atoms. The molecule has 7 nitrogen and oxygen atoms in total. The summed E-state index contributed by atoms with van der Waals surface area (Å²) in [7, 11) is 0. The highest BCUT2D eigenvalue weighted by Gasteiger charge is 2.34. The fraction of sp³-hybridized carbons (Fsp3) is 0.360. The molecule has 2 atom stereocenters. The first-order valence-electron chi connectivity index (χ1n) is 11.4. The van der Waals surface area contributed by atoms with Crippen molar-refractivity contribution in [1.29, 1.82) is 0 Å². The van der Waals surface area contributed by atoms with Crippen molar-refractivity contribution in [2.75, 3.05) is 18.0 Å². The largest absolute Gasteiger partial charge is 0.467 e. The number of nitrogens with zero attached hydrogens (tertiary/aromatic N) is 4. The smallest absolute Gasteiger partial charge is 0.267 e. The van der Waals surface area contributed by atoms with E-state index in [0.717, 1.165) is 25.1 Å². The van der Waals surface area contributed by atoms with Gasteiger partial charge in [-0.25, -0.2) is 4.98 Å². The zero-order valence-corrected chi connectivity index (χ0v) is 21.0. The summed E-state index contributed by atoms with van der Waals surface area (Å²) in [6, 6.07) is 7.40. The number of aromatic nitrogens is 2. The van der Waals surface area contributed by atoms with E-state index in [4.69, 9.17) is 21.6 Å². The number of hydrogen-bond donors (Lipinski definition) is 0. The molecule has 2 unspecified atom stereocenters. The van der Waals surface area contributed by atoms with Crippen LogP contribution in [0.4, 0.5) is 5.82 Å². The predicted molar refractivity (Wildman–Crippen MR) is 139 cm³/mol. The molecule has 0 aromatic carbocycles. The van der Waals surface area contributed by atoms with Crippen LogP contribution in [0, 0.1) is 18.8 Å². The van der Waals surface area contributed by atoms with Crippen LogP contribution in [0.1, 0.15) is 37.2 Å². The number of thioether (sulfide) groups is 1. The van der Waals surface area contributed by atoms with Crippen LogP contribution in [-0.4, -0.2) is 37.6 Å². The molecule has 0 aliphatic carbocycles. The van der Waals surface area contributed by atoms with Crippen LogP contribution in [0.3, 0.4) is 0 Å². The zero-order chi connectivity index (χ0) is 24.0. The van der Waals surface area contributed by atoms with Crippen LogP contribution in [0.5, 0.6) is 0 Å². The molecular weight excluding hydrogens is 468 g/mol. The zero-order valence-electron chi connectivity index (χ0n) is 19.4. The van der Waals surface area contributed by atoms with Crippen molar-refractivity contribution in [3.63, 3.8) is 0 Å². The number of piperidine rings is 1. The van der Waals surface area contributed by atoms with Gasteiger partial charge in [0.05, 0.1) is 23.3 Å². The average molecular weight is 495 g/mol. The number of anilines is 1. The third kappa shape index (κ3) is 4.30. The van der Waals surface area contributed by atoms with Crippen molar-refractivity contribution >= 4 is 51.7 Å². The van der Waals surface area contributed by atoms with E-state index in [-0.39, 0.29) is 18.0 Å². The van der Waals surface area contributed by atoms with Gasteiger partial charge in [0.1, 0.15) is 21.5 Å². The van der Waals surface area contributed by atoms with Gasteiger partial charge in [-0.1, -0.05) is 43.9 Å². The highest BCUT2D eigenvalue weighted by atomic mass is 32.2. The molecule has 2 saturated heterocycles. The second kappa shape index (κ2) is 9.03. The number of amides is 1. The van der Waals surface area contributed by atoms with Crippen LogP contribution in [0.2, 0.25) is 0 Å². The fourth-order valence-electron chi connectivity index (χ4n) is 4.78. The van der Waals surface area contributed by atoms with Gasteiger partial charge in [-0.05, 0) is 55.0 Å². The lowest BCUT2D eigenvalue weighted by molar-refractivity contribution is -0.122. The quantitative estimate of drug-likeness (QED) is 0.391. The molecule has 9 heteroatoms. The lowest BCUT2D eigenvalue weighted by Gasteiger charge is -2.36. The van der Waals surface area contributed by atoms with E-state index in [1.807, 2.05) is 19.1 Å². The standard InChI is InChI=1S/C25H26N4O3S2/c1-15-6-7-21-26-22(27-11-16(2)9-17(3)12-27)19(23(30)28(21)13-15)10-20-24(31)29(25(33)34-20)14-18-5-4-8-32-18/h4-8,10,13,16-17H,9,11-12,14H2,1-3H3/b20-10+. The molecule has 0 radical (unpaired) electrons. The molecule has 2 aliphatic heterocycles. The summed E-state index contributed by atoms with van der Waals surface area (Å²) in [5.74, 6) is 2.02. The molecule has 1 amide bonds. The van der Waals surface area contributed by atoms with Crippen LogP contribution in [0.25, 0.3) is 11.7 Å². The van der Waals surface area contributed by atoms with Crippen molar-refractivity contribution in [3.05, 3.63) is 68.9 Å². The number of pyridine rings is 1. The van der Waals surface area contributed by atoms with Gasteiger partial charge in [-0.3, -0.25) is 18.9 Å². The highest BCUT2D eigenvalue weighted by Crippen LogP contribution is 2.35. The monoisotopic (exact) mass is 494 g/mol.